The fourth-order valence-corrected chi connectivity index (χ4v) is 1.80. The van der Waals surface area contributed by atoms with E-state index < -0.39 is 11.7 Å². The molecule has 102 valence electrons. The monoisotopic (exact) mass is 296 g/mol. The number of hydrogen-bond acceptors (Lipinski definition) is 2. The highest BCUT2D eigenvalue weighted by Gasteiger charge is 2.30. The van der Waals surface area contributed by atoms with Gasteiger partial charge in [-0.05, 0) is 42.5 Å². The number of halogens is 4. The maximum absolute atomic E-state index is 12.5. The zero-order valence-electron chi connectivity index (χ0n) is 10.0. The molecule has 0 amide bonds. The molecule has 0 aliphatic heterocycles. The summed E-state index contributed by atoms with van der Waals surface area (Å²) in [6.07, 6.45) is -4.42. The highest BCUT2D eigenvalue weighted by molar-refractivity contribution is 6.33. The van der Waals surface area contributed by atoms with E-state index in [1.807, 2.05) is 6.07 Å². The van der Waals surface area contributed by atoms with Gasteiger partial charge in [0.05, 0.1) is 27.9 Å². The van der Waals surface area contributed by atoms with Crippen molar-refractivity contribution in [2.24, 2.45) is 0 Å². The lowest BCUT2D eigenvalue weighted by atomic mass is 10.2. The van der Waals surface area contributed by atoms with Crippen molar-refractivity contribution in [2.45, 2.75) is 6.18 Å². The second-order valence-electron chi connectivity index (χ2n) is 4.01. The molecule has 0 aromatic heterocycles. The predicted octanol–water partition coefficient (Wildman–Crippen LogP) is 4.97. The molecular formula is C14H8ClF3N2. The van der Waals surface area contributed by atoms with Crippen LogP contribution in [-0.2, 0) is 6.18 Å². The number of benzene rings is 2. The molecule has 0 saturated heterocycles. The average molecular weight is 297 g/mol. The van der Waals surface area contributed by atoms with Gasteiger partial charge < -0.3 is 5.32 Å². The molecule has 0 unspecified atom stereocenters. The standard InChI is InChI=1S/C14H8ClF3N2/c15-12-7-10(14(16,17)18)3-6-13(12)20-11-4-1-9(8-19)2-5-11/h1-7,20H. The van der Waals surface area contributed by atoms with Gasteiger partial charge in [0, 0.05) is 5.69 Å². The molecular weight excluding hydrogens is 289 g/mol. The van der Waals surface area contributed by atoms with Gasteiger partial charge in [0.1, 0.15) is 0 Å². The van der Waals surface area contributed by atoms with Crippen LogP contribution in [0.2, 0.25) is 5.02 Å². The third kappa shape index (κ3) is 3.22. The zero-order valence-corrected chi connectivity index (χ0v) is 10.8. The Morgan fingerprint density at radius 3 is 2.20 bits per heavy atom. The normalized spacial score (nSPS) is 10.9. The third-order valence-corrected chi connectivity index (χ3v) is 2.90. The molecule has 0 aliphatic rings. The Balaban J connectivity index is 2.23. The maximum atomic E-state index is 12.5. The Hall–Kier alpha value is -2.19. The van der Waals surface area contributed by atoms with Crippen molar-refractivity contribution in [2.75, 3.05) is 5.32 Å². The number of nitriles is 1. The molecule has 20 heavy (non-hydrogen) atoms. The van der Waals surface area contributed by atoms with Crippen molar-refractivity contribution in [3.05, 3.63) is 58.6 Å². The summed E-state index contributed by atoms with van der Waals surface area (Å²) >= 11 is 5.83. The van der Waals surface area contributed by atoms with Crippen molar-refractivity contribution in [3.63, 3.8) is 0 Å². The van der Waals surface area contributed by atoms with Crippen LogP contribution >= 0.6 is 11.6 Å². The molecule has 2 nitrogen and oxygen atoms in total. The van der Waals surface area contributed by atoms with Gasteiger partial charge in [-0.3, -0.25) is 0 Å². The minimum atomic E-state index is -4.42. The van der Waals surface area contributed by atoms with Crippen LogP contribution in [0.15, 0.2) is 42.5 Å². The molecule has 2 aromatic carbocycles. The van der Waals surface area contributed by atoms with Crippen LogP contribution in [-0.4, -0.2) is 0 Å². The second-order valence-corrected chi connectivity index (χ2v) is 4.41. The first-order valence-corrected chi connectivity index (χ1v) is 5.92. The number of anilines is 2. The van der Waals surface area contributed by atoms with Crippen LogP contribution in [0.3, 0.4) is 0 Å². The molecule has 0 atom stereocenters. The fraction of sp³-hybridized carbons (Fsp3) is 0.0714. The molecule has 0 saturated carbocycles. The lowest BCUT2D eigenvalue weighted by molar-refractivity contribution is -0.137. The van der Waals surface area contributed by atoms with Crippen molar-refractivity contribution >= 4 is 23.0 Å². The van der Waals surface area contributed by atoms with E-state index in [1.54, 1.807) is 24.3 Å². The fourth-order valence-electron chi connectivity index (χ4n) is 1.58. The van der Waals surface area contributed by atoms with Crippen LogP contribution in [0.5, 0.6) is 0 Å². The summed E-state index contributed by atoms with van der Waals surface area (Å²) in [5, 5.41) is 11.5. The van der Waals surface area contributed by atoms with E-state index in [1.165, 1.54) is 6.07 Å². The Morgan fingerprint density at radius 1 is 1.05 bits per heavy atom. The first kappa shape index (κ1) is 14.2. The Bertz CT molecular complexity index is 658. The van der Waals surface area contributed by atoms with Gasteiger partial charge in [-0.25, -0.2) is 0 Å². The minimum absolute atomic E-state index is 0.0239. The van der Waals surface area contributed by atoms with Gasteiger partial charge >= 0.3 is 6.18 Å². The summed E-state index contributed by atoms with van der Waals surface area (Å²) in [6.45, 7) is 0. The van der Waals surface area contributed by atoms with E-state index >= 15 is 0 Å². The van der Waals surface area contributed by atoms with E-state index in [2.05, 4.69) is 5.32 Å². The van der Waals surface area contributed by atoms with Gasteiger partial charge in [-0.15, -0.1) is 0 Å². The number of alkyl halides is 3. The first-order chi connectivity index (χ1) is 9.40. The second kappa shape index (κ2) is 5.43. The minimum Gasteiger partial charge on any atom is -0.354 e. The molecule has 2 rings (SSSR count). The van der Waals surface area contributed by atoms with E-state index in [0.717, 1.165) is 12.1 Å². The molecule has 0 radical (unpaired) electrons. The van der Waals surface area contributed by atoms with Crippen LogP contribution in [0, 0.1) is 11.3 Å². The summed E-state index contributed by atoms with van der Waals surface area (Å²) in [6, 6.07) is 11.6. The quantitative estimate of drug-likeness (QED) is 0.849. The SMILES string of the molecule is N#Cc1ccc(Nc2ccc(C(F)(F)F)cc2Cl)cc1. The lowest BCUT2D eigenvalue weighted by Crippen LogP contribution is -2.05. The number of nitrogens with one attached hydrogen (secondary N) is 1. The van der Waals surface area contributed by atoms with E-state index in [4.69, 9.17) is 16.9 Å². The van der Waals surface area contributed by atoms with E-state index in [9.17, 15) is 13.2 Å². The van der Waals surface area contributed by atoms with Gasteiger partial charge in [-0.1, -0.05) is 11.6 Å². The number of rotatable bonds is 2. The van der Waals surface area contributed by atoms with E-state index in [-0.39, 0.29) is 5.02 Å². The molecule has 0 fully saturated rings. The summed E-state index contributed by atoms with van der Waals surface area (Å²) in [4.78, 5) is 0. The smallest absolute Gasteiger partial charge is 0.354 e. The molecule has 0 spiro atoms. The van der Waals surface area contributed by atoms with Crippen molar-refractivity contribution < 1.29 is 13.2 Å². The maximum Gasteiger partial charge on any atom is 0.416 e. The van der Waals surface area contributed by atoms with Crippen LogP contribution in [0.25, 0.3) is 0 Å². The van der Waals surface area contributed by atoms with Crippen molar-refractivity contribution in [3.8, 4) is 6.07 Å². The molecule has 0 heterocycles. The van der Waals surface area contributed by atoms with Gasteiger partial charge in [0.2, 0.25) is 0 Å². The van der Waals surface area contributed by atoms with Crippen LogP contribution in [0.1, 0.15) is 11.1 Å². The summed E-state index contributed by atoms with van der Waals surface area (Å²) in [5.74, 6) is 0. The highest BCUT2D eigenvalue weighted by atomic mass is 35.5. The van der Waals surface area contributed by atoms with Crippen LogP contribution in [0.4, 0.5) is 24.5 Å². The van der Waals surface area contributed by atoms with Crippen molar-refractivity contribution in [1.82, 2.24) is 0 Å². The zero-order chi connectivity index (χ0) is 14.8. The Kier molecular flexibility index (Phi) is 3.86. The topological polar surface area (TPSA) is 35.8 Å². The van der Waals surface area contributed by atoms with E-state index in [0.29, 0.717) is 16.9 Å². The predicted molar refractivity (Wildman–Crippen MR) is 70.9 cm³/mol. The largest absolute Gasteiger partial charge is 0.416 e. The van der Waals surface area contributed by atoms with Gasteiger partial charge in [-0.2, -0.15) is 18.4 Å². The summed E-state index contributed by atoms with van der Waals surface area (Å²) < 4.78 is 37.5. The lowest BCUT2D eigenvalue weighted by Gasteiger charge is -2.11. The van der Waals surface area contributed by atoms with Gasteiger partial charge in [0.25, 0.3) is 0 Å². The van der Waals surface area contributed by atoms with Crippen molar-refractivity contribution in [1.29, 1.82) is 5.26 Å². The Labute approximate surface area is 118 Å². The van der Waals surface area contributed by atoms with Gasteiger partial charge in [0.15, 0.2) is 0 Å². The molecule has 0 bridgehead atoms. The number of hydrogen-bond donors (Lipinski definition) is 1. The molecule has 6 heteroatoms. The molecule has 1 N–H and O–H groups in total. The third-order valence-electron chi connectivity index (χ3n) is 2.59. The Morgan fingerprint density at radius 2 is 1.70 bits per heavy atom. The first-order valence-electron chi connectivity index (χ1n) is 5.54. The molecule has 0 aliphatic carbocycles. The summed E-state index contributed by atoms with van der Waals surface area (Å²) in [7, 11) is 0. The number of nitrogens with zero attached hydrogens (tertiary/aromatic N) is 1. The average Bonchev–Trinajstić information content (AvgIpc) is 2.41. The molecule has 2 aromatic rings. The highest BCUT2D eigenvalue weighted by Crippen LogP contribution is 2.34. The summed E-state index contributed by atoms with van der Waals surface area (Å²) in [5.41, 5.74) is 0.692. The van der Waals surface area contributed by atoms with Crippen LogP contribution < -0.4 is 5.32 Å².